The number of rotatable bonds is 6. The first-order valence-corrected chi connectivity index (χ1v) is 12.4. The molecule has 1 aliphatic heterocycles. The van der Waals surface area contributed by atoms with Gasteiger partial charge in [0.1, 0.15) is 0 Å². The maximum atomic E-state index is 12.3. The van der Waals surface area contributed by atoms with E-state index >= 15 is 0 Å². The number of thiophene rings is 1. The summed E-state index contributed by atoms with van der Waals surface area (Å²) in [5, 5.41) is 14.0. The minimum Gasteiger partial charge on any atom is -0.352 e. The van der Waals surface area contributed by atoms with E-state index in [2.05, 4.69) is 15.5 Å². The fraction of sp³-hybridized carbons (Fsp3) is 0.278. The van der Waals surface area contributed by atoms with Gasteiger partial charge in [-0.1, -0.05) is 36.0 Å². The fourth-order valence-corrected chi connectivity index (χ4v) is 6.18. The molecule has 146 valence electrons. The van der Waals surface area contributed by atoms with Crippen LogP contribution >= 0.6 is 23.1 Å². The lowest BCUT2D eigenvalue weighted by Crippen LogP contribution is -2.36. The van der Waals surface area contributed by atoms with Crippen LogP contribution in [0.4, 0.5) is 0 Å². The Morgan fingerprint density at radius 2 is 2.04 bits per heavy atom. The maximum absolute atomic E-state index is 12.3. The van der Waals surface area contributed by atoms with Gasteiger partial charge in [0.05, 0.1) is 22.1 Å². The molecule has 1 aromatic carbocycles. The van der Waals surface area contributed by atoms with Crippen molar-refractivity contribution in [3.63, 3.8) is 0 Å². The van der Waals surface area contributed by atoms with Crippen molar-refractivity contribution in [2.24, 2.45) is 0 Å². The zero-order chi connectivity index (χ0) is 19.6. The van der Waals surface area contributed by atoms with Crippen LogP contribution in [0, 0.1) is 0 Å². The summed E-state index contributed by atoms with van der Waals surface area (Å²) < 4.78 is 25.0. The van der Waals surface area contributed by atoms with Crippen LogP contribution < -0.4 is 5.32 Å². The van der Waals surface area contributed by atoms with Crippen molar-refractivity contribution >= 4 is 38.8 Å². The van der Waals surface area contributed by atoms with E-state index in [0.29, 0.717) is 11.6 Å². The molecule has 2 aromatic heterocycles. The summed E-state index contributed by atoms with van der Waals surface area (Å²) in [5.74, 6) is 0.828. The number of nitrogens with one attached hydrogen (secondary N) is 1. The van der Waals surface area contributed by atoms with E-state index < -0.39 is 9.84 Å². The van der Waals surface area contributed by atoms with E-state index in [1.165, 1.54) is 11.8 Å². The van der Waals surface area contributed by atoms with Crippen LogP contribution in [-0.2, 0) is 14.6 Å². The normalized spacial score (nSPS) is 18.2. The molecule has 1 fully saturated rings. The number of hydrogen-bond acceptors (Lipinski definition) is 7. The van der Waals surface area contributed by atoms with Gasteiger partial charge in [-0.05, 0) is 30.0 Å². The third kappa shape index (κ3) is 4.29. The van der Waals surface area contributed by atoms with Crippen LogP contribution in [0.1, 0.15) is 6.42 Å². The number of benzene rings is 1. The minimum atomic E-state index is -3.02. The monoisotopic (exact) mass is 434 g/mol. The number of carbonyl (C=O) groups excluding carboxylic acids is 1. The van der Waals surface area contributed by atoms with Crippen LogP contribution in [0.25, 0.3) is 16.4 Å². The molecule has 1 amide bonds. The molecule has 0 spiro atoms. The van der Waals surface area contributed by atoms with Crippen molar-refractivity contribution in [3.8, 4) is 16.4 Å². The van der Waals surface area contributed by atoms with E-state index in [1.54, 1.807) is 11.3 Å². The Morgan fingerprint density at radius 1 is 1.21 bits per heavy atom. The van der Waals surface area contributed by atoms with Gasteiger partial charge in [0, 0.05) is 11.7 Å². The van der Waals surface area contributed by atoms with E-state index in [1.807, 2.05) is 52.4 Å². The Hall–Kier alpha value is -2.17. The average molecular weight is 435 g/mol. The maximum Gasteiger partial charge on any atom is 0.230 e. The molecule has 0 radical (unpaired) electrons. The molecular formula is C18H18N4O3S3. The van der Waals surface area contributed by atoms with E-state index in [4.69, 9.17) is 0 Å². The first-order valence-electron chi connectivity index (χ1n) is 8.69. The summed E-state index contributed by atoms with van der Waals surface area (Å²) >= 11 is 2.86. The molecule has 1 atom stereocenters. The van der Waals surface area contributed by atoms with Crippen molar-refractivity contribution in [1.29, 1.82) is 0 Å². The highest BCUT2D eigenvalue weighted by atomic mass is 32.2. The molecule has 0 bridgehead atoms. The highest BCUT2D eigenvalue weighted by molar-refractivity contribution is 7.99. The van der Waals surface area contributed by atoms with E-state index in [-0.39, 0.29) is 29.2 Å². The van der Waals surface area contributed by atoms with Crippen molar-refractivity contribution in [2.45, 2.75) is 17.6 Å². The lowest BCUT2D eigenvalue weighted by molar-refractivity contribution is -0.119. The summed E-state index contributed by atoms with van der Waals surface area (Å²) in [5.41, 5.74) is 0.917. The standard InChI is InChI=1S/C18H18N4O3S3/c23-16(19-13-8-10-28(24,25)12-13)11-27-18-21-20-17(15-7-4-9-26-15)22(18)14-5-2-1-3-6-14/h1-7,9,13H,8,10-12H2,(H,19,23)/t13-/m1/s1. The predicted octanol–water partition coefficient (Wildman–Crippen LogP) is 2.39. The minimum absolute atomic E-state index is 0.0200. The second-order valence-corrected chi connectivity index (χ2v) is 10.5. The molecule has 10 heteroatoms. The predicted molar refractivity (Wildman–Crippen MR) is 111 cm³/mol. The van der Waals surface area contributed by atoms with Gasteiger partial charge in [0.15, 0.2) is 20.8 Å². The Morgan fingerprint density at radius 3 is 2.71 bits per heavy atom. The van der Waals surface area contributed by atoms with Gasteiger partial charge in [-0.3, -0.25) is 9.36 Å². The third-order valence-corrected chi connectivity index (χ3v) is 7.88. The number of thioether (sulfide) groups is 1. The number of hydrogen-bond donors (Lipinski definition) is 1. The molecule has 0 saturated carbocycles. The van der Waals surface area contributed by atoms with Crippen LogP contribution in [-0.4, -0.2) is 52.4 Å². The van der Waals surface area contributed by atoms with Gasteiger partial charge >= 0.3 is 0 Å². The number of sulfone groups is 1. The Kier molecular flexibility index (Phi) is 5.51. The van der Waals surface area contributed by atoms with Gasteiger partial charge in [-0.2, -0.15) is 0 Å². The molecule has 1 aliphatic rings. The summed E-state index contributed by atoms with van der Waals surface area (Å²) in [7, 11) is -3.02. The molecule has 0 unspecified atom stereocenters. The number of amides is 1. The largest absolute Gasteiger partial charge is 0.352 e. The van der Waals surface area contributed by atoms with Gasteiger partial charge < -0.3 is 5.32 Å². The first-order chi connectivity index (χ1) is 13.5. The molecule has 3 aromatic rings. The second kappa shape index (κ2) is 8.06. The molecule has 1 N–H and O–H groups in total. The highest BCUT2D eigenvalue weighted by Gasteiger charge is 2.29. The quantitative estimate of drug-likeness (QED) is 0.599. The second-order valence-electron chi connectivity index (χ2n) is 6.41. The number of para-hydroxylation sites is 1. The van der Waals surface area contributed by atoms with Crippen molar-refractivity contribution in [3.05, 3.63) is 47.8 Å². The Balaban J connectivity index is 1.51. The van der Waals surface area contributed by atoms with Crippen molar-refractivity contribution in [1.82, 2.24) is 20.1 Å². The summed E-state index contributed by atoms with van der Waals surface area (Å²) in [4.78, 5) is 13.3. The lowest BCUT2D eigenvalue weighted by atomic mass is 10.3. The first kappa shape index (κ1) is 19.2. The topological polar surface area (TPSA) is 93.9 Å². The lowest BCUT2D eigenvalue weighted by Gasteiger charge is -2.11. The molecule has 28 heavy (non-hydrogen) atoms. The molecule has 4 rings (SSSR count). The Bertz CT molecular complexity index is 1060. The number of aromatic nitrogens is 3. The molecule has 7 nitrogen and oxygen atoms in total. The fourth-order valence-electron chi connectivity index (χ4n) is 3.05. The van der Waals surface area contributed by atoms with Gasteiger partial charge in [-0.15, -0.1) is 21.5 Å². The number of carbonyl (C=O) groups is 1. The summed E-state index contributed by atoms with van der Waals surface area (Å²) in [6, 6.07) is 13.4. The van der Waals surface area contributed by atoms with Crippen LogP contribution in [0.15, 0.2) is 53.0 Å². The van der Waals surface area contributed by atoms with Gasteiger partial charge in [0.2, 0.25) is 5.91 Å². The summed E-state index contributed by atoms with van der Waals surface area (Å²) in [6.45, 7) is 0. The number of nitrogens with zero attached hydrogens (tertiary/aromatic N) is 3. The third-order valence-electron chi connectivity index (χ3n) is 4.32. The van der Waals surface area contributed by atoms with Crippen LogP contribution in [0.2, 0.25) is 0 Å². The Labute approximate surface area is 171 Å². The average Bonchev–Trinajstić information content (AvgIpc) is 3.40. The summed E-state index contributed by atoms with van der Waals surface area (Å²) in [6.07, 6.45) is 0.474. The van der Waals surface area contributed by atoms with Crippen molar-refractivity contribution in [2.75, 3.05) is 17.3 Å². The molecule has 1 saturated heterocycles. The van der Waals surface area contributed by atoms with Crippen LogP contribution in [0.5, 0.6) is 0 Å². The van der Waals surface area contributed by atoms with Gasteiger partial charge in [0.25, 0.3) is 0 Å². The van der Waals surface area contributed by atoms with Crippen LogP contribution in [0.3, 0.4) is 0 Å². The molecule has 3 heterocycles. The van der Waals surface area contributed by atoms with Crippen molar-refractivity contribution < 1.29 is 13.2 Å². The molecule has 0 aliphatic carbocycles. The zero-order valence-corrected chi connectivity index (χ0v) is 17.3. The molecular weight excluding hydrogens is 416 g/mol. The SMILES string of the molecule is O=C(CSc1nnc(-c2cccs2)n1-c1ccccc1)N[C@@H]1CCS(=O)(=O)C1. The van der Waals surface area contributed by atoms with E-state index in [0.717, 1.165) is 16.4 Å². The smallest absolute Gasteiger partial charge is 0.230 e. The highest BCUT2D eigenvalue weighted by Crippen LogP contribution is 2.30. The van der Waals surface area contributed by atoms with Gasteiger partial charge in [-0.25, -0.2) is 8.42 Å². The zero-order valence-electron chi connectivity index (χ0n) is 14.8. The van der Waals surface area contributed by atoms with E-state index in [9.17, 15) is 13.2 Å².